The minimum Gasteiger partial charge on any atom is -0.381 e. The van der Waals surface area contributed by atoms with E-state index in [1.54, 1.807) is 6.20 Å². The highest BCUT2D eigenvalue weighted by molar-refractivity contribution is 6.31. The number of ether oxygens (including phenoxy) is 1. The summed E-state index contributed by atoms with van der Waals surface area (Å²) in [5.41, 5.74) is 3.71. The molecule has 8 heteroatoms. The third kappa shape index (κ3) is 6.59. The topological polar surface area (TPSA) is 64.4 Å². The lowest BCUT2D eigenvalue weighted by Crippen LogP contribution is -2.28. The smallest absolute Gasteiger partial charge is 0.256 e. The third-order valence-electron chi connectivity index (χ3n) is 5.85. The molecule has 4 rings (SSSR count). The lowest BCUT2D eigenvalue weighted by Gasteiger charge is -2.16. The summed E-state index contributed by atoms with van der Waals surface area (Å²) in [6.45, 7) is 4.91. The van der Waals surface area contributed by atoms with Gasteiger partial charge in [0.05, 0.1) is 17.2 Å². The first kappa shape index (κ1) is 27.8. The van der Waals surface area contributed by atoms with Gasteiger partial charge in [0.15, 0.2) is 0 Å². The predicted octanol–water partition coefficient (Wildman–Crippen LogP) is 5.76. The Morgan fingerprint density at radius 1 is 1.09 bits per heavy atom. The van der Waals surface area contributed by atoms with Crippen LogP contribution in [0.1, 0.15) is 48.3 Å². The van der Waals surface area contributed by atoms with Gasteiger partial charge in [-0.2, -0.15) is 0 Å². The van der Waals surface area contributed by atoms with Crippen molar-refractivity contribution in [1.82, 2.24) is 14.5 Å². The normalized spacial score (nSPS) is 12.9. The second-order valence-corrected chi connectivity index (χ2v) is 8.87. The Hall–Kier alpha value is -2.41. The van der Waals surface area contributed by atoms with Gasteiger partial charge in [-0.15, -0.1) is 0 Å². The van der Waals surface area contributed by atoms with Crippen molar-refractivity contribution >= 4 is 46.9 Å². The monoisotopic (exact) mass is 505 g/mol. The summed E-state index contributed by atoms with van der Waals surface area (Å²) in [5.74, 6) is 0.0871. The first-order valence-corrected chi connectivity index (χ1v) is 11.8. The van der Waals surface area contributed by atoms with Gasteiger partial charge in [-0.3, -0.25) is 4.79 Å². The largest absolute Gasteiger partial charge is 0.381 e. The lowest BCUT2D eigenvalue weighted by atomic mass is 10.1. The second-order valence-electron chi connectivity index (χ2n) is 8.00. The van der Waals surface area contributed by atoms with E-state index in [2.05, 4.69) is 11.1 Å². The Balaban J connectivity index is 0.00000133. The minimum atomic E-state index is 0. The molecule has 34 heavy (non-hydrogen) atoms. The Kier molecular flexibility index (Phi) is 11.0. The number of nitrogens with zero attached hydrogens (tertiary/aromatic N) is 3. The van der Waals surface area contributed by atoms with E-state index in [-0.39, 0.29) is 13.3 Å². The van der Waals surface area contributed by atoms with Crippen LogP contribution in [0, 0.1) is 0 Å². The van der Waals surface area contributed by atoms with Crippen molar-refractivity contribution in [2.24, 2.45) is 7.05 Å². The number of fused-ring (bicyclic) bond motifs is 1. The van der Waals surface area contributed by atoms with Crippen molar-refractivity contribution in [3.05, 3.63) is 63.4 Å². The molecule has 0 aliphatic carbocycles. The molecule has 1 aliphatic rings. The van der Waals surface area contributed by atoms with Gasteiger partial charge in [-0.25, -0.2) is 4.98 Å². The Bertz CT molecular complexity index is 1090. The van der Waals surface area contributed by atoms with E-state index in [0.717, 1.165) is 72.5 Å². The van der Waals surface area contributed by atoms with Crippen LogP contribution >= 0.6 is 23.2 Å². The van der Waals surface area contributed by atoms with Gasteiger partial charge in [-0.05, 0) is 55.9 Å². The van der Waals surface area contributed by atoms with Gasteiger partial charge in [-0.1, -0.05) is 42.8 Å². The molecule has 0 saturated carbocycles. The molecule has 1 amide bonds. The number of amides is 1. The third-order valence-corrected chi connectivity index (χ3v) is 6.29. The molecule has 0 atom stereocenters. The molecule has 6 nitrogen and oxygen atoms in total. The van der Waals surface area contributed by atoms with E-state index in [4.69, 9.17) is 32.7 Å². The van der Waals surface area contributed by atoms with Crippen LogP contribution in [0.2, 0.25) is 10.0 Å². The predicted molar refractivity (Wildman–Crippen MR) is 139 cm³/mol. The molecule has 1 aliphatic heterocycles. The Labute approximate surface area is 211 Å². The average Bonchev–Trinajstić information content (AvgIpc) is 3.44. The van der Waals surface area contributed by atoms with Crippen LogP contribution in [-0.2, 0) is 29.4 Å². The highest BCUT2D eigenvalue weighted by Gasteiger charge is 2.27. The molecule has 2 aromatic heterocycles. The van der Waals surface area contributed by atoms with Crippen molar-refractivity contribution in [2.75, 3.05) is 26.3 Å². The molecule has 1 fully saturated rings. The molecule has 1 saturated heterocycles. The zero-order valence-electron chi connectivity index (χ0n) is 18.9. The van der Waals surface area contributed by atoms with E-state index in [1.807, 2.05) is 47.6 Å². The number of aryl methyl sites for hydroxylation is 1. The lowest BCUT2D eigenvalue weighted by molar-refractivity contribution is -0.0980. The van der Waals surface area contributed by atoms with Gasteiger partial charge < -0.3 is 19.0 Å². The fraction of sp³-hybridized carbons (Fsp3) is 0.423. The number of carbonyl (C=O) groups excluding carboxylic acids is 2. The molecular formula is C26H33Cl2N3O3. The minimum absolute atomic E-state index is 0. The van der Waals surface area contributed by atoms with E-state index < -0.39 is 0 Å². The number of carbonyl (C=O) groups is 2. The van der Waals surface area contributed by atoms with Crippen LogP contribution in [0.25, 0.3) is 11.0 Å². The number of pyridine rings is 1. The van der Waals surface area contributed by atoms with Crippen molar-refractivity contribution in [3.63, 3.8) is 0 Å². The standard InChI is InChI=1S/C24H27Cl2N3O2.CH2O.CH4/c1-28-21(8-5-12-31-13-9-17-6-4-7-18(25)14-17)22(24(30)29-10-2-3-11-29)20-15-19(26)16-27-23(20)28;1-2;/h4,6-7,14-16H,2-3,5,8-13H2,1H3;1H2;1H4. The van der Waals surface area contributed by atoms with E-state index in [1.165, 1.54) is 5.56 Å². The van der Waals surface area contributed by atoms with Crippen LogP contribution in [0.3, 0.4) is 0 Å². The fourth-order valence-corrected chi connectivity index (χ4v) is 4.64. The summed E-state index contributed by atoms with van der Waals surface area (Å²) in [6.07, 6.45) is 6.16. The summed E-state index contributed by atoms with van der Waals surface area (Å²) in [7, 11) is 1.97. The summed E-state index contributed by atoms with van der Waals surface area (Å²) in [6, 6.07) is 9.71. The molecule has 0 N–H and O–H groups in total. The van der Waals surface area contributed by atoms with Gasteiger partial charge in [0.1, 0.15) is 12.4 Å². The Morgan fingerprint density at radius 3 is 2.53 bits per heavy atom. The fourth-order valence-electron chi connectivity index (χ4n) is 4.27. The first-order chi connectivity index (χ1) is 16.0. The Morgan fingerprint density at radius 2 is 1.82 bits per heavy atom. The second kappa shape index (κ2) is 13.5. The zero-order chi connectivity index (χ0) is 23.8. The van der Waals surface area contributed by atoms with Crippen molar-refractivity contribution in [2.45, 2.75) is 39.5 Å². The summed E-state index contributed by atoms with van der Waals surface area (Å²) < 4.78 is 7.88. The number of halogens is 2. The van der Waals surface area contributed by atoms with E-state index in [9.17, 15) is 4.79 Å². The van der Waals surface area contributed by atoms with Crippen molar-refractivity contribution in [3.8, 4) is 0 Å². The van der Waals surface area contributed by atoms with Gasteiger partial charge >= 0.3 is 0 Å². The molecule has 1 aromatic carbocycles. The number of hydrogen-bond acceptors (Lipinski definition) is 4. The average molecular weight is 506 g/mol. The van der Waals surface area contributed by atoms with Crippen LogP contribution in [-0.4, -0.2) is 53.5 Å². The van der Waals surface area contributed by atoms with Crippen molar-refractivity contribution < 1.29 is 14.3 Å². The quantitative estimate of drug-likeness (QED) is 0.365. The van der Waals surface area contributed by atoms with Gasteiger partial charge in [0.2, 0.25) is 0 Å². The SMILES string of the molecule is C.C=O.Cn1c(CCCOCCc2cccc(Cl)c2)c(C(=O)N2CCCC2)c2cc(Cl)cnc21. The summed E-state index contributed by atoms with van der Waals surface area (Å²) in [5, 5.41) is 2.13. The summed E-state index contributed by atoms with van der Waals surface area (Å²) in [4.78, 5) is 27.8. The molecular weight excluding hydrogens is 473 g/mol. The molecule has 0 bridgehead atoms. The number of likely N-dealkylation sites (tertiary alicyclic amines) is 1. The number of aromatic nitrogens is 2. The first-order valence-electron chi connectivity index (χ1n) is 11.1. The van der Waals surface area contributed by atoms with E-state index in [0.29, 0.717) is 18.2 Å². The van der Waals surface area contributed by atoms with Crippen LogP contribution in [0.4, 0.5) is 0 Å². The molecule has 3 aromatic rings. The van der Waals surface area contributed by atoms with Crippen LogP contribution < -0.4 is 0 Å². The maximum absolute atomic E-state index is 13.3. The number of benzene rings is 1. The molecule has 0 spiro atoms. The van der Waals surface area contributed by atoms with Crippen LogP contribution in [0.5, 0.6) is 0 Å². The highest BCUT2D eigenvalue weighted by atomic mass is 35.5. The van der Waals surface area contributed by atoms with E-state index >= 15 is 0 Å². The van der Waals surface area contributed by atoms with Crippen LogP contribution in [0.15, 0.2) is 36.5 Å². The highest BCUT2D eigenvalue weighted by Crippen LogP contribution is 2.29. The number of rotatable bonds is 8. The molecule has 0 unspecified atom stereocenters. The number of hydrogen-bond donors (Lipinski definition) is 0. The van der Waals surface area contributed by atoms with Crippen molar-refractivity contribution in [1.29, 1.82) is 0 Å². The zero-order valence-corrected chi connectivity index (χ0v) is 20.4. The molecule has 3 heterocycles. The summed E-state index contributed by atoms with van der Waals surface area (Å²) >= 11 is 12.2. The molecule has 184 valence electrons. The maximum Gasteiger partial charge on any atom is 0.256 e. The van der Waals surface area contributed by atoms with Gasteiger partial charge in [0, 0.05) is 49.0 Å². The maximum atomic E-state index is 13.3. The van der Waals surface area contributed by atoms with Gasteiger partial charge in [0.25, 0.3) is 5.91 Å². The molecule has 0 radical (unpaired) electrons.